The summed E-state index contributed by atoms with van der Waals surface area (Å²) in [5, 5.41) is 5.12. The second-order valence-electron chi connectivity index (χ2n) is 5.21. The first-order valence-corrected chi connectivity index (χ1v) is 8.93. The van der Waals surface area contributed by atoms with Gasteiger partial charge in [0.1, 0.15) is 29.6 Å². The van der Waals surface area contributed by atoms with Crippen molar-refractivity contribution in [3.63, 3.8) is 0 Å². The predicted octanol–water partition coefficient (Wildman–Crippen LogP) is 1.89. The third kappa shape index (κ3) is 5.20. The first-order chi connectivity index (χ1) is 11.8. The number of esters is 1. The third-order valence-electron chi connectivity index (χ3n) is 3.31. The Morgan fingerprint density at radius 3 is 2.36 bits per heavy atom. The summed E-state index contributed by atoms with van der Waals surface area (Å²) in [5.74, 6) is 0.0458. The van der Waals surface area contributed by atoms with Gasteiger partial charge in [0.15, 0.2) is 0 Å². The molecule has 2 aromatic carbocycles. The Labute approximate surface area is 146 Å². The molecule has 0 fully saturated rings. The first-order valence-electron chi connectivity index (χ1n) is 7.38. The molecule has 25 heavy (non-hydrogen) atoms. The highest BCUT2D eigenvalue weighted by atomic mass is 32.2. The molecule has 134 valence electrons. The molecule has 2 N–H and O–H groups in total. The molecule has 0 amide bonds. The van der Waals surface area contributed by atoms with Crippen LogP contribution in [-0.2, 0) is 14.8 Å². The summed E-state index contributed by atoms with van der Waals surface area (Å²) in [6.45, 7) is 2.16. The molecule has 0 aliphatic carbocycles. The first kappa shape index (κ1) is 18.8. The van der Waals surface area contributed by atoms with E-state index in [0.29, 0.717) is 5.75 Å². The van der Waals surface area contributed by atoms with Crippen molar-refractivity contribution in [2.24, 2.45) is 5.14 Å². The summed E-state index contributed by atoms with van der Waals surface area (Å²) in [7, 11) is -2.71. The number of carbonyl (C=O) groups excluding carboxylic acids is 1. The molecule has 0 spiro atoms. The van der Waals surface area contributed by atoms with Crippen LogP contribution < -0.4 is 14.6 Å². The summed E-state index contributed by atoms with van der Waals surface area (Å²) in [4.78, 5) is 11.7. The summed E-state index contributed by atoms with van der Waals surface area (Å²) in [6, 6.07) is 11.3. The number of sulfonamides is 1. The van der Waals surface area contributed by atoms with Gasteiger partial charge in [0.25, 0.3) is 0 Å². The van der Waals surface area contributed by atoms with Crippen LogP contribution in [0.1, 0.15) is 15.9 Å². The molecule has 0 heterocycles. The monoisotopic (exact) mass is 365 g/mol. The van der Waals surface area contributed by atoms with Crippen LogP contribution in [0.15, 0.2) is 47.4 Å². The Kier molecular flexibility index (Phi) is 6.00. The van der Waals surface area contributed by atoms with Crippen LogP contribution in [-0.4, -0.2) is 34.7 Å². The van der Waals surface area contributed by atoms with E-state index in [1.807, 2.05) is 31.2 Å². The van der Waals surface area contributed by atoms with Crippen molar-refractivity contribution in [2.75, 3.05) is 20.3 Å². The molecule has 0 unspecified atom stereocenters. The fraction of sp³-hybridized carbons (Fsp3) is 0.235. The predicted molar refractivity (Wildman–Crippen MR) is 91.3 cm³/mol. The molecule has 0 aliphatic rings. The van der Waals surface area contributed by atoms with Gasteiger partial charge in [-0.05, 0) is 37.3 Å². The zero-order chi connectivity index (χ0) is 18.4. The van der Waals surface area contributed by atoms with Gasteiger partial charge < -0.3 is 14.2 Å². The van der Waals surface area contributed by atoms with Crippen molar-refractivity contribution in [3.05, 3.63) is 53.6 Å². The molecule has 0 aromatic heterocycles. The van der Waals surface area contributed by atoms with Crippen LogP contribution in [0.2, 0.25) is 0 Å². The lowest BCUT2D eigenvalue weighted by atomic mass is 10.2. The topological polar surface area (TPSA) is 105 Å². The minimum Gasteiger partial charge on any atom is -0.495 e. The quantitative estimate of drug-likeness (QED) is 0.593. The Morgan fingerprint density at radius 2 is 1.76 bits per heavy atom. The molecule has 7 nitrogen and oxygen atoms in total. The second-order valence-corrected chi connectivity index (χ2v) is 6.74. The molecule has 0 aliphatic heterocycles. The number of benzene rings is 2. The van der Waals surface area contributed by atoms with Crippen LogP contribution in [0.25, 0.3) is 0 Å². The van der Waals surface area contributed by atoms with Gasteiger partial charge in [-0.2, -0.15) is 0 Å². The lowest BCUT2D eigenvalue weighted by Gasteiger charge is -2.10. The maximum atomic E-state index is 12.0. The fourth-order valence-electron chi connectivity index (χ4n) is 2.04. The Hall–Kier alpha value is -2.58. The van der Waals surface area contributed by atoms with E-state index in [1.165, 1.54) is 19.2 Å². The van der Waals surface area contributed by atoms with E-state index >= 15 is 0 Å². The molecule has 2 rings (SSSR count). The van der Waals surface area contributed by atoms with Crippen LogP contribution >= 0.6 is 0 Å². The smallest absolute Gasteiger partial charge is 0.338 e. The average Bonchev–Trinajstić information content (AvgIpc) is 2.58. The SMILES string of the molecule is COc1ccc(C(=O)OCCOc2ccc(C)cc2)cc1S(N)(=O)=O. The van der Waals surface area contributed by atoms with Crippen LogP contribution in [0.3, 0.4) is 0 Å². The largest absolute Gasteiger partial charge is 0.495 e. The van der Waals surface area contributed by atoms with Gasteiger partial charge in [0.05, 0.1) is 12.7 Å². The van der Waals surface area contributed by atoms with E-state index in [0.717, 1.165) is 11.6 Å². The van der Waals surface area contributed by atoms with Gasteiger partial charge in [0, 0.05) is 0 Å². The van der Waals surface area contributed by atoms with E-state index in [2.05, 4.69) is 0 Å². The molecule has 0 saturated carbocycles. The molecule has 8 heteroatoms. The summed E-state index contributed by atoms with van der Waals surface area (Å²) < 4.78 is 38.6. The average molecular weight is 365 g/mol. The maximum Gasteiger partial charge on any atom is 0.338 e. The minimum absolute atomic E-state index is 0.0173. The fourth-order valence-corrected chi connectivity index (χ4v) is 2.76. The normalized spacial score (nSPS) is 11.0. The third-order valence-corrected chi connectivity index (χ3v) is 4.24. The number of hydrogen-bond acceptors (Lipinski definition) is 6. The van der Waals surface area contributed by atoms with Gasteiger partial charge in [-0.3, -0.25) is 0 Å². The van der Waals surface area contributed by atoms with Crippen molar-refractivity contribution < 1.29 is 27.4 Å². The molecule has 0 radical (unpaired) electrons. The lowest BCUT2D eigenvalue weighted by molar-refractivity contribution is 0.0450. The van der Waals surface area contributed by atoms with Crippen molar-refractivity contribution >= 4 is 16.0 Å². The lowest BCUT2D eigenvalue weighted by Crippen LogP contribution is -2.16. The van der Waals surface area contributed by atoms with Gasteiger partial charge in [-0.15, -0.1) is 0 Å². The van der Waals surface area contributed by atoms with Crippen molar-refractivity contribution in [1.29, 1.82) is 0 Å². The number of hydrogen-bond donors (Lipinski definition) is 1. The van der Waals surface area contributed by atoms with Gasteiger partial charge >= 0.3 is 5.97 Å². The van der Waals surface area contributed by atoms with Crippen LogP contribution in [0.5, 0.6) is 11.5 Å². The van der Waals surface area contributed by atoms with Crippen molar-refractivity contribution in [3.8, 4) is 11.5 Å². The van der Waals surface area contributed by atoms with Gasteiger partial charge in [-0.1, -0.05) is 17.7 Å². The Balaban J connectivity index is 1.95. The van der Waals surface area contributed by atoms with Crippen LogP contribution in [0.4, 0.5) is 0 Å². The molecule has 0 atom stereocenters. The van der Waals surface area contributed by atoms with Crippen molar-refractivity contribution in [2.45, 2.75) is 11.8 Å². The number of ether oxygens (including phenoxy) is 3. The molecule has 0 bridgehead atoms. The molecular weight excluding hydrogens is 346 g/mol. The Morgan fingerprint density at radius 1 is 1.08 bits per heavy atom. The maximum absolute atomic E-state index is 12.0. The summed E-state index contributed by atoms with van der Waals surface area (Å²) >= 11 is 0. The van der Waals surface area contributed by atoms with Gasteiger partial charge in [-0.25, -0.2) is 18.4 Å². The summed E-state index contributed by atoms with van der Waals surface area (Å²) in [6.07, 6.45) is 0. The molecular formula is C17H19NO6S. The molecule has 2 aromatic rings. The second kappa shape index (κ2) is 8.00. The number of methoxy groups -OCH3 is 1. The van der Waals surface area contributed by atoms with E-state index in [-0.39, 0.29) is 29.4 Å². The minimum atomic E-state index is -4.02. The summed E-state index contributed by atoms with van der Waals surface area (Å²) in [5.41, 5.74) is 1.17. The zero-order valence-corrected chi connectivity index (χ0v) is 14.7. The van der Waals surface area contributed by atoms with Crippen LogP contribution in [0, 0.1) is 6.92 Å². The zero-order valence-electron chi connectivity index (χ0n) is 13.9. The van der Waals surface area contributed by atoms with Gasteiger partial charge in [0.2, 0.25) is 10.0 Å². The van der Waals surface area contributed by atoms with E-state index in [1.54, 1.807) is 0 Å². The van der Waals surface area contributed by atoms with E-state index in [4.69, 9.17) is 19.3 Å². The van der Waals surface area contributed by atoms with E-state index < -0.39 is 16.0 Å². The van der Waals surface area contributed by atoms with E-state index in [9.17, 15) is 13.2 Å². The number of aryl methyl sites for hydroxylation is 1. The number of rotatable bonds is 7. The number of carbonyl (C=O) groups is 1. The Bertz CT molecular complexity index is 846. The number of primary sulfonamides is 1. The number of nitrogens with two attached hydrogens (primary N) is 1. The highest BCUT2D eigenvalue weighted by Crippen LogP contribution is 2.24. The highest BCUT2D eigenvalue weighted by molar-refractivity contribution is 7.89. The van der Waals surface area contributed by atoms with Crippen molar-refractivity contribution in [1.82, 2.24) is 0 Å². The highest BCUT2D eigenvalue weighted by Gasteiger charge is 2.18. The molecule has 0 saturated heterocycles. The standard InChI is InChI=1S/C17H19NO6S/c1-12-3-6-14(7-4-12)23-9-10-24-17(19)13-5-8-15(22-2)16(11-13)25(18,20)21/h3-8,11H,9-10H2,1-2H3,(H2,18,20,21).